The summed E-state index contributed by atoms with van der Waals surface area (Å²) in [7, 11) is 1.44. The number of esters is 1. The van der Waals surface area contributed by atoms with Crippen LogP contribution in [-0.4, -0.2) is 46.1 Å². The van der Waals surface area contributed by atoms with Gasteiger partial charge >= 0.3 is 5.97 Å². The number of ether oxygens (including phenoxy) is 1. The molecule has 6 nitrogen and oxygen atoms in total. The minimum absolute atomic E-state index is 0.00992. The summed E-state index contributed by atoms with van der Waals surface area (Å²) >= 11 is 5.93. The van der Waals surface area contributed by atoms with Gasteiger partial charge in [-0.3, -0.25) is 9.69 Å². The summed E-state index contributed by atoms with van der Waals surface area (Å²) < 4.78 is 6.52. The minimum atomic E-state index is -0.121. The number of nitrogens with zero attached hydrogens (tertiary/aromatic N) is 4. The maximum Gasteiger partial charge on any atom is 0.311 e. The van der Waals surface area contributed by atoms with Crippen LogP contribution in [0, 0.1) is 5.92 Å². The molecule has 0 spiro atoms. The van der Waals surface area contributed by atoms with E-state index in [1.165, 1.54) is 12.7 Å². The van der Waals surface area contributed by atoms with Gasteiger partial charge in [0.05, 0.1) is 24.9 Å². The smallest absolute Gasteiger partial charge is 0.311 e. The van der Waals surface area contributed by atoms with Crippen molar-refractivity contribution in [3.05, 3.63) is 65.3 Å². The van der Waals surface area contributed by atoms with Gasteiger partial charge in [-0.2, -0.15) is 0 Å². The molecule has 4 rings (SSSR count). The van der Waals surface area contributed by atoms with Gasteiger partial charge in [0.15, 0.2) is 0 Å². The second-order valence-corrected chi connectivity index (χ2v) is 7.07. The van der Waals surface area contributed by atoms with E-state index in [9.17, 15) is 4.79 Å². The first-order valence-corrected chi connectivity index (χ1v) is 9.08. The molecule has 1 aromatic heterocycles. The van der Waals surface area contributed by atoms with Crippen LogP contribution in [-0.2, 0) is 16.1 Å². The molecule has 0 unspecified atom stereocenters. The van der Waals surface area contributed by atoms with Crippen LogP contribution in [0.15, 0.2) is 54.7 Å². The van der Waals surface area contributed by atoms with Crippen molar-refractivity contribution < 1.29 is 9.53 Å². The van der Waals surface area contributed by atoms with Gasteiger partial charge in [0.2, 0.25) is 0 Å². The molecule has 3 aromatic rings. The van der Waals surface area contributed by atoms with Crippen LogP contribution in [0.25, 0.3) is 16.9 Å². The normalized spacial score (nSPS) is 14.7. The lowest BCUT2D eigenvalue weighted by atomic mass is 9.99. The molecule has 0 amide bonds. The highest BCUT2D eigenvalue weighted by molar-refractivity contribution is 6.30. The van der Waals surface area contributed by atoms with Crippen molar-refractivity contribution >= 4 is 17.6 Å². The van der Waals surface area contributed by atoms with E-state index in [0.29, 0.717) is 5.02 Å². The summed E-state index contributed by atoms with van der Waals surface area (Å²) in [5.41, 5.74) is 3.91. The Bertz CT molecular complexity index is 931. The van der Waals surface area contributed by atoms with Crippen LogP contribution in [0.5, 0.6) is 0 Å². The zero-order valence-corrected chi connectivity index (χ0v) is 15.6. The number of carbonyl (C=O) groups is 1. The summed E-state index contributed by atoms with van der Waals surface area (Å²) in [5.74, 6) is -0.111. The highest BCUT2D eigenvalue weighted by atomic mass is 35.5. The highest BCUT2D eigenvalue weighted by Gasteiger charge is 2.33. The lowest BCUT2D eigenvalue weighted by molar-refractivity contribution is -0.151. The molecular weight excluding hydrogens is 364 g/mol. The molecule has 1 fully saturated rings. The van der Waals surface area contributed by atoms with Gasteiger partial charge in [0.25, 0.3) is 0 Å². The number of hydrogen-bond donors (Lipinski definition) is 0. The van der Waals surface area contributed by atoms with E-state index in [1.807, 2.05) is 42.6 Å². The average Bonchev–Trinajstić information content (AvgIpc) is 3.15. The summed E-state index contributed by atoms with van der Waals surface area (Å²) in [6.45, 7) is 2.32. The highest BCUT2D eigenvalue weighted by Crippen LogP contribution is 2.22. The monoisotopic (exact) mass is 382 g/mol. The third-order valence-electron chi connectivity index (χ3n) is 4.73. The van der Waals surface area contributed by atoms with Crippen LogP contribution in [0.1, 0.15) is 5.56 Å². The number of aromatic nitrogens is 3. The van der Waals surface area contributed by atoms with Gasteiger partial charge in [-0.25, -0.2) is 4.68 Å². The molecule has 0 N–H and O–H groups in total. The molecule has 0 radical (unpaired) electrons. The van der Waals surface area contributed by atoms with E-state index in [0.717, 1.165) is 36.6 Å². The lowest BCUT2D eigenvalue weighted by Gasteiger charge is -2.37. The summed E-state index contributed by atoms with van der Waals surface area (Å²) in [6, 6.07) is 15.7. The zero-order chi connectivity index (χ0) is 18.8. The molecule has 2 heterocycles. The average molecular weight is 383 g/mol. The summed E-state index contributed by atoms with van der Waals surface area (Å²) in [4.78, 5) is 13.7. The maximum atomic E-state index is 11.4. The van der Waals surface area contributed by atoms with Gasteiger partial charge in [0.1, 0.15) is 5.69 Å². The maximum absolute atomic E-state index is 11.4. The van der Waals surface area contributed by atoms with Gasteiger partial charge in [-0.1, -0.05) is 41.1 Å². The zero-order valence-electron chi connectivity index (χ0n) is 14.9. The van der Waals surface area contributed by atoms with Crippen molar-refractivity contribution in [3.8, 4) is 16.9 Å². The molecule has 0 aliphatic carbocycles. The first-order valence-electron chi connectivity index (χ1n) is 8.70. The van der Waals surface area contributed by atoms with Crippen molar-refractivity contribution in [1.82, 2.24) is 19.9 Å². The summed E-state index contributed by atoms with van der Waals surface area (Å²) in [5, 5.41) is 9.15. The minimum Gasteiger partial charge on any atom is -0.469 e. The molecule has 0 saturated carbocycles. The Labute approximate surface area is 162 Å². The van der Waals surface area contributed by atoms with Gasteiger partial charge < -0.3 is 4.74 Å². The first kappa shape index (κ1) is 17.7. The molecule has 1 aliphatic heterocycles. The van der Waals surface area contributed by atoms with E-state index in [2.05, 4.69) is 27.3 Å². The van der Waals surface area contributed by atoms with Crippen molar-refractivity contribution in [2.75, 3.05) is 20.2 Å². The number of hydrogen-bond acceptors (Lipinski definition) is 5. The van der Waals surface area contributed by atoms with E-state index >= 15 is 0 Å². The van der Waals surface area contributed by atoms with Crippen LogP contribution in [0.3, 0.4) is 0 Å². The number of likely N-dealkylation sites (tertiary alicyclic amines) is 1. The van der Waals surface area contributed by atoms with Crippen LogP contribution >= 0.6 is 11.6 Å². The van der Waals surface area contributed by atoms with Gasteiger partial charge in [-0.05, 0) is 29.8 Å². The predicted molar refractivity (Wildman–Crippen MR) is 103 cm³/mol. The van der Waals surface area contributed by atoms with E-state index in [1.54, 1.807) is 4.68 Å². The number of carbonyl (C=O) groups excluding carboxylic acids is 1. The van der Waals surface area contributed by atoms with E-state index in [-0.39, 0.29) is 11.9 Å². The molecule has 2 aromatic carbocycles. The largest absolute Gasteiger partial charge is 0.469 e. The van der Waals surface area contributed by atoms with Gasteiger partial charge in [-0.15, -0.1) is 5.10 Å². The molecule has 1 aliphatic rings. The second-order valence-electron chi connectivity index (χ2n) is 6.64. The quantitative estimate of drug-likeness (QED) is 0.634. The van der Waals surface area contributed by atoms with Crippen molar-refractivity contribution in [2.24, 2.45) is 5.92 Å². The second kappa shape index (κ2) is 7.50. The Kier molecular flexibility index (Phi) is 4.92. The van der Waals surface area contributed by atoms with Crippen molar-refractivity contribution in [2.45, 2.75) is 6.54 Å². The molecule has 0 bridgehead atoms. The molecule has 27 heavy (non-hydrogen) atoms. The van der Waals surface area contributed by atoms with E-state index < -0.39 is 0 Å². The van der Waals surface area contributed by atoms with Gasteiger partial charge in [0, 0.05) is 30.2 Å². The standard InChI is InChI=1S/C20H19ClN4O2/c1-27-20(26)16-11-24(12-16)10-14-2-8-18(9-3-14)25-13-19(22-23-25)15-4-6-17(21)7-5-15/h2-9,13,16H,10-12H2,1H3. The molecule has 1 saturated heterocycles. The Morgan fingerprint density at radius 3 is 2.52 bits per heavy atom. The Balaban J connectivity index is 1.40. The Morgan fingerprint density at radius 1 is 1.15 bits per heavy atom. The first-order chi connectivity index (χ1) is 13.1. The fraction of sp³-hybridized carbons (Fsp3) is 0.250. The number of halogens is 1. The molecule has 0 atom stereocenters. The Hall–Kier alpha value is -2.70. The number of rotatable bonds is 5. The van der Waals surface area contributed by atoms with Crippen LogP contribution in [0.2, 0.25) is 5.02 Å². The lowest BCUT2D eigenvalue weighted by Crippen LogP contribution is -2.49. The third kappa shape index (κ3) is 3.86. The van der Waals surface area contributed by atoms with Crippen molar-refractivity contribution in [3.63, 3.8) is 0 Å². The fourth-order valence-corrected chi connectivity index (χ4v) is 3.30. The fourth-order valence-electron chi connectivity index (χ4n) is 3.17. The SMILES string of the molecule is COC(=O)C1CN(Cc2ccc(-n3cc(-c4ccc(Cl)cc4)nn3)cc2)C1. The molecular formula is C20H19ClN4O2. The van der Waals surface area contributed by atoms with E-state index in [4.69, 9.17) is 16.3 Å². The van der Waals surface area contributed by atoms with Crippen LogP contribution in [0.4, 0.5) is 0 Å². The number of methoxy groups -OCH3 is 1. The summed E-state index contributed by atoms with van der Waals surface area (Å²) in [6.07, 6.45) is 1.90. The Morgan fingerprint density at radius 2 is 1.85 bits per heavy atom. The topological polar surface area (TPSA) is 60.2 Å². The number of benzene rings is 2. The predicted octanol–water partition coefficient (Wildman–Crippen LogP) is 3.19. The molecule has 138 valence electrons. The van der Waals surface area contributed by atoms with Crippen molar-refractivity contribution in [1.29, 1.82) is 0 Å². The third-order valence-corrected chi connectivity index (χ3v) is 4.98. The molecule has 7 heteroatoms. The van der Waals surface area contributed by atoms with Crippen LogP contribution < -0.4 is 0 Å².